The standard InChI is InChI=1S/C21H18FNO4/c22-17-8-7-16(14-3-1-2-4-15(14)17)18-10-11-20(25)19(23-18)9-5-13(24)6-12-21(26)27/h1-4,7-8,10-11,25H,5-6,9,12H2,(H,26,27). The molecule has 27 heavy (non-hydrogen) atoms. The first-order valence-corrected chi connectivity index (χ1v) is 8.55. The van der Waals surface area contributed by atoms with Crippen molar-refractivity contribution in [2.45, 2.75) is 25.7 Å². The first-order valence-electron chi connectivity index (χ1n) is 8.55. The molecule has 0 spiro atoms. The highest BCUT2D eigenvalue weighted by molar-refractivity contribution is 5.96. The monoisotopic (exact) mass is 367 g/mol. The number of halogens is 1. The summed E-state index contributed by atoms with van der Waals surface area (Å²) in [6.45, 7) is 0. The van der Waals surface area contributed by atoms with Crippen LogP contribution < -0.4 is 0 Å². The molecule has 0 aliphatic rings. The largest absolute Gasteiger partial charge is 0.506 e. The quantitative estimate of drug-likeness (QED) is 0.656. The highest BCUT2D eigenvalue weighted by atomic mass is 19.1. The summed E-state index contributed by atoms with van der Waals surface area (Å²) in [6.07, 6.45) is 0.0525. The van der Waals surface area contributed by atoms with E-state index in [-0.39, 0.29) is 43.0 Å². The number of carboxylic acid groups (broad SMARTS) is 1. The number of pyridine rings is 1. The number of fused-ring (bicyclic) bond motifs is 1. The van der Waals surface area contributed by atoms with Crippen LogP contribution in [0.3, 0.4) is 0 Å². The molecule has 1 heterocycles. The van der Waals surface area contributed by atoms with Crippen molar-refractivity contribution in [2.75, 3.05) is 0 Å². The summed E-state index contributed by atoms with van der Waals surface area (Å²) in [5, 5.41) is 19.9. The van der Waals surface area contributed by atoms with Gasteiger partial charge in [-0.05, 0) is 29.7 Å². The minimum atomic E-state index is -1.02. The molecule has 3 rings (SSSR count). The van der Waals surface area contributed by atoms with Crippen LogP contribution in [0.4, 0.5) is 4.39 Å². The molecule has 0 saturated carbocycles. The summed E-state index contributed by atoms with van der Waals surface area (Å²) >= 11 is 0. The van der Waals surface area contributed by atoms with Gasteiger partial charge in [0, 0.05) is 30.2 Å². The second-order valence-electron chi connectivity index (χ2n) is 6.24. The zero-order valence-corrected chi connectivity index (χ0v) is 14.5. The molecule has 0 aliphatic heterocycles. The van der Waals surface area contributed by atoms with E-state index >= 15 is 0 Å². The van der Waals surface area contributed by atoms with Gasteiger partial charge in [0.1, 0.15) is 17.3 Å². The molecule has 5 nitrogen and oxygen atoms in total. The number of carbonyl (C=O) groups excluding carboxylic acids is 1. The van der Waals surface area contributed by atoms with Gasteiger partial charge in [-0.1, -0.05) is 24.3 Å². The van der Waals surface area contributed by atoms with Gasteiger partial charge in [-0.15, -0.1) is 0 Å². The summed E-state index contributed by atoms with van der Waals surface area (Å²) in [5.74, 6) is -1.57. The van der Waals surface area contributed by atoms with E-state index in [2.05, 4.69) is 4.98 Å². The van der Waals surface area contributed by atoms with Crippen molar-refractivity contribution >= 4 is 22.5 Å². The van der Waals surface area contributed by atoms with Gasteiger partial charge in [-0.3, -0.25) is 9.59 Å². The number of Topliss-reactive ketones (excluding diaryl/α,β-unsaturated/α-hetero) is 1. The molecule has 3 aromatic rings. The highest BCUT2D eigenvalue weighted by Gasteiger charge is 2.13. The van der Waals surface area contributed by atoms with Gasteiger partial charge in [0.2, 0.25) is 0 Å². The van der Waals surface area contributed by atoms with Crippen LogP contribution in [0.15, 0.2) is 48.5 Å². The van der Waals surface area contributed by atoms with Crippen LogP contribution in [0.2, 0.25) is 0 Å². The number of aromatic nitrogens is 1. The SMILES string of the molecule is O=C(O)CCC(=O)CCc1nc(-c2ccc(F)c3ccccc23)ccc1O. The van der Waals surface area contributed by atoms with E-state index in [9.17, 15) is 19.1 Å². The number of aromatic hydroxyl groups is 1. The third-order valence-electron chi connectivity index (χ3n) is 4.36. The fourth-order valence-corrected chi connectivity index (χ4v) is 2.94. The molecule has 2 N–H and O–H groups in total. The Hall–Kier alpha value is -3.28. The van der Waals surface area contributed by atoms with Crippen molar-refractivity contribution in [1.29, 1.82) is 0 Å². The first-order chi connectivity index (χ1) is 13.0. The van der Waals surface area contributed by atoms with Crippen LogP contribution in [-0.2, 0) is 16.0 Å². The Bertz CT molecular complexity index is 1020. The smallest absolute Gasteiger partial charge is 0.303 e. The number of carbonyl (C=O) groups is 2. The number of rotatable bonds is 7. The Morgan fingerprint density at radius 3 is 2.41 bits per heavy atom. The van der Waals surface area contributed by atoms with Gasteiger partial charge in [0.05, 0.1) is 17.8 Å². The summed E-state index contributed by atoms with van der Waals surface area (Å²) < 4.78 is 14.0. The minimum Gasteiger partial charge on any atom is -0.506 e. The molecule has 138 valence electrons. The van der Waals surface area contributed by atoms with Gasteiger partial charge in [0.25, 0.3) is 0 Å². The Morgan fingerprint density at radius 2 is 1.67 bits per heavy atom. The molecule has 6 heteroatoms. The summed E-state index contributed by atoms with van der Waals surface area (Å²) in [7, 11) is 0. The number of aliphatic carboxylic acids is 1. The van der Waals surface area contributed by atoms with Gasteiger partial charge in [0.15, 0.2) is 0 Å². The number of ketones is 1. The third-order valence-corrected chi connectivity index (χ3v) is 4.36. The Kier molecular flexibility index (Phi) is 5.45. The van der Waals surface area contributed by atoms with Crippen molar-refractivity contribution in [3.8, 4) is 17.0 Å². The fraction of sp³-hybridized carbons (Fsp3) is 0.190. The van der Waals surface area contributed by atoms with E-state index in [1.165, 1.54) is 12.1 Å². The lowest BCUT2D eigenvalue weighted by molar-refractivity contribution is -0.138. The van der Waals surface area contributed by atoms with Crippen LogP contribution in [-0.4, -0.2) is 26.9 Å². The maximum absolute atomic E-state index is 14.0. The lowest BCUT2D eigenvalue weighted by atomic mass is 10.0. The molecule has 0 aliphatic carbocycles. The molecule has 0 radical (unpaired) electrons. The summed E-state index contributed by atoms with van der Waals surface area (Å²) in [4.78, 5) is 26.8. The average molecular weight is 367 g/mol. The minimum absolute atomic E-state index is 0.0313. The Morgan fingerprint density at radius 1 is 0.926 bits per heavy atom. The Balaban J connectivity index is 1.87. The molecule has 0 atom stereocenters. The van der Waals surface area contributed by atoms with Crippen LogP contribution in [0.25, 0.3) is 22.0 Å². The summed E-state index contributed by atoms with van der Waals surface area (Å²) in [5.41, 5.74) is 1.65. The van der Waals surface area contributed by atoms with E-state index in [4.69, 9.17) is 5.11 Å². The molecule has 2 aromatic carbocycles. The number of hydrogen-bond acceptors (Lipinski definition) is 4. The number of carboxylic acids is 1. The van der Waals surface area contributed by atoms with E-state index < -0.39 is 5.97 Å². The van der Waals surface area contributed by atoms with Crippen molar-refractivity contribution in [1.82, 2.24) is 4.98 Å². The second-order valence-corrected chi connectivity index (χ2v) is 6.24. The lowest BCUT2D eigenvalue weighted by Gasteiger charge is -2.10. The van der Waals surface area contributed by atoms with Crippen molar-refractivity contribution in [3.05, 3.63) is 60.0 Å². The molecular weight excluding hydrogens is 349 g/mol. The zero-order chi connectivity index (χ0) is 19.4. The highest BCUT2D eigenvalue weighted by Crippen LogP contribution is 2.31. The van der Waals surface area contributed by atoms with Gasteiger partial charge >= 0.3 is 5.97 Å². The zero-order valence-electron chi connectivity index (χ0n) is 14.5. The second kappa shape index (κ2) is 7.95. The summed E-state index contributed by atoms with van der Waals surface area (Å²) in [6, 6.07) is 13.2. The normalized spacial score (nSPS) is 10.9. The number of hydrogen-bond donors (Lipinski definition) is 2. The van der Waals surface area contributed by atoms with E-state index in [1.807, 2.05) is 6.07 Å². The molecule has 0 unspecified atom stereocenters. The lowest BCUT2D eigenvalue weighted by Crippen LogP contribution is -2.05. The van der Waals surface area contributed by atoms with E-state index in [1.54, 1.807) is 30.3 Å². The first kappa shape index (κ1) is 18.5. The van der Waals surface area contributed by atoms with E-state index in [0.717, 1.165) is 5.56 Å². The molecule has 0 bridgehead atoms. The van der Waals surface area contributed by atoms with Gasteiger partial charge in [-0.25, -0.2) is 9.37 Å². The van der Waals surface area contributed by atoms with Crippen LogP contribution in [0.5, 0.6) is 5.75 Å². The van der Waals surface area contributed by atoms with Crippen LogP contribution in [0, 0.1) is 5.82 Å². The van der Waals surface area contributed by atoms with Gasteiger partial charge in [-0.2, -0.15) is 0 Å². The molecule has 0 amide bonds. The van der Waals surface area contributed by atoms with Crippen molar-refractivity contribution in [2.24, 2.45) is 0 Å². The van der Waals surface area contributed by atoms with Crippen LogP contribution in [0.1, 0.15) is 25.0 Å². The molecular formula is C21H18FNO4. The topological polar surface area (TPSA) is 87.5 Å². The predicted molar refractivity (Wildman–Crippen MR) is 99.0 cm³/mol. The van der Waals surface area contributed by atoms with Crippen molar-refractivity contribution < 1.29 is 24.2 Å². The maximum atomic E-state index is 14.0. The van der Waals surface area contributed by atoms with E-state index in [0.29, 0.717) is 22.2 Å². The molecule has 0 fully saturated rings. The third kappa shape index (κ3) is 4.28. The predicted octanol–water partition coefficient (Wildman–Crippen LogP) is 4.11. The fourth-order valence-electron chi connectivity index (χ4n) is 2.94. The maximum Gasteiger partial charge on any atom is 0.303 e. The molecule has 1 aromatic heterocycles. The van der Waals surface area contributed by atoms with Crippen LogP contribution >= 0.6 is 0 Å². The Labute approximate surface area is 155 Å². The van der Waals surface area contributed by atoms with Gasteiger partial charge < -0.3 is 10.2 Å². The number of nitrogens with zero attached hydrogens (tertiary/aromatic N) is 1. The number of aryl methyl sites for hydroxylation is 1. The molecule has 0 saturated heterocycles. The number of benzene rings is 2. The van der Waals surface area contributed by atoms with Crippen molar-refractivity contribution in [3.63, 3.8) is 0 Å². The average Bonchev–Trinajstić information content (AvgIpc) is 2.66.